The Bertz CT molecular complexity index is 526. The highest BCUT2D eigenvalue weighted by molar-refractivity contribution is 6.30. The first kappa shape index (κ1) is 15.9. The monoisotopic (exact) mass is 334 g/mol. The Hall–Kier alpha value is -0.610. The van der Waals surface area contributed by atoms with Gasteiger partial charge in [0.1, 0.15) is 0 Å². The van der Waals surface area contributed by atoms with Crippen LogP contribution in [0.25, 0.3) is 0 Å². The highest BCUT2D eigenvalue weighted by Gasteiger charge is 2.38. The second kappa shape index (κ2) is 7.10. The first-order chi connectivity index (χ1) is 11.3. The molecule has 3 aliphatic rings. The van der Waals surface area contributed by atoms with Crippen LogP contribution in [0.1, 0.15) is 43.6 Å². The SMILES string of the molecule is Clc1cccc(C2CC(NC3CCCC3C3COCCN3)C2)c1. The zero-order valence-corrected chi connectivity index (χ0v) is 14.4. The van der Waals surface area contributed by atoms with Crippen LogP contribution in [0, 0.1) is 5.92 Å². The number of halogens is 1. The van der Waals surface area contributed by atoms with Gasteiger partial charge in [-0.05, 0) is 55.2 Å². The molecule has 0 spiro atoms. The molecule has 0 radical (unpaired) electrons. The predicted molar refractivity (Wildman–Crippen MR) is 94.1 cm³/mol. The number of hydrogen-bond acceptors (Lipinski definition) is 3. The zero-order chi connectivity index (χ0) is 15.6. The molecule has 0 aromatic heterocycles. The van der Waals surface area contributed by atoms with Crippen LogP contribution in [-0.4, -0.2) is 37.9 Å². The molecule has 4 heteroatoms. The molecular weight excluding hydrogens is 308 g/mol. The lowest BCUT2D eigenvalue weighted by Gasteiger charge is -2.41. The molecule has 126 valence electrons. The number of morpholine rings is 1. The first-order valence-corrected chi connectivity index (χ1v) is 9.50. The fourth-order valence-electron chi connectivity index (χ4n) is 4.63. The van der Waals surface area contributed by atoms with Crippen molar-refractivity contribution in [3.8, 4) is 0 Å². The standard InChI is InChI=1S/C19H27ClN2O/c20-15-4-1-3-13(9-15)14-10-16(11-14)22-18-6-2-5-17(18)19-12-23-8-7-21-19/h1,3-4,9,14,16-19,21-22H,2,5-8,10-12H2. The van der Waals surface area contributed by atoms with E-state index < -0.39 is 0 Å². The van der Waals surface area contributed by atoms with Gasteiger partial charge in [0.15, 0.2) is 0 Å². The van der Waals surface area contributed by atoms with Crippen molar-refractivity contribution in [3.63, 3.8) is 0 Å². The van der Waals surface area contributed by atoms with Crippen molar-refractivity contribution in [2.45, 2.75) is 56.1 Å². The van der Waals surface area contributed by atoms with Crippen LogP contribution in [0.15, 0.2) is 24.3 Å². The Labute approximate surface area is 144 Å². The second-order valence-electron chi connectivity index (χ2n) is 7.42. The van der Waals surface area contributed by atoms with Crippen molar-refractivity contribution < 1.29 is 4.74 Å². The summed E-state index contributed by atoms with van der Waals surface area (Å²) in [6.07, 6.45) is 6.51. The first-order valence-electron chi connectivity index (χ1n) is 9.12. The summed E-state index contributed by atoms with van der Waals surface area (Å²) in [7, 11) is 0. The van der Waals surface area contributed by atoms with Gasteiger partial charge >= 0.3 is 0 Å². The lowest BCUT2D eigenvalue weighted by atomic mass is 9.75. The van der Waals surface area contributed by atoms with E-state index in [1.54, 1.807) is 0 Å². The minimum atomic E-state index is 0.549. The van der Waals surface area contributed by atoms with E-state index in [2.05, 4.69) is 28.8 Å². The van der Waals surface area contributed by atoms with E-state index in [9.17, 15) is 0 Å². The average molecular weight is 335 g/mol. The van der Waals surface area contributed by atoms with E-state index >= 15 is 0 Å². The molecule has 23 heavy (non-hydrogen) atoms. The van der Waals surface area contributed by atoms with Gasteiger partial charge in [-0.25, -0.2) is 0 Å². The predicted octanol–water partition coefficient (Wildman–Crippen LogP) is 3.33. The maximum absolute atomic E-state index is 6.11. The highest BCUT2D eigenvalue weighted by Crippen LogP contribution is 2.39. The van der Waals surface area contributed by atoms with E-state index in [-0.39, 0.29) is 0 Å². The van der Waals surface area contributed by atoms with Crippen molar-refractivity contribution in [3.05, 3.63) is 34.9 Å². The second-order valence-corrected chi connectivity index (χ2v) is 7.86. The molecule has 3 nitrogen and oxygen atoms in total. The highest BCUT2D eigenvalue weighted by atomic mass is 35.5. The lowest BCUT2D eigenvalue weighted by molar-refractivity contribution is 0.0503. The van der Waals surface area contributed by atoms with Crippen LogP contribution in [-0.2, 0) is 4.74 Å². The summed E-state index contributed by atoms with van der Waals surface area (Å²) in [6.45, 7) is 2.76. The van der Waals surface area contributed by atoms with Crippen LogP contribution in [0.5, 0.6) is 0 Å². The maximum Gasteiger partial charge on any atom is 0.0623 e. The largest absolute Gasteiger partial charge is 0.379 e. The van der Waals surface area contributed by atoms with Gasteiger partial charge in [-0.15, -0.1) is 0 Å². The molecule has 3 unspecified atom stereocenters. The lowest BCUT2D eigenvalue weighted by Crippen LogP contribution is -2.54. The van der Waals surface area contributed by atoms with Crippen molar-refractivity contribution in [2.24, 2.45) is 5.92 Å². The summed E-state index contributed by atoms with van der Waals surface area (Å²) < 4.78 is 5.67. The third-order valence-corrected chi connectivity index (χ3v) is 6.18. The Morgan fingerprint density at radius 2 is 2.13 bits per heavy atom. The Balaban J connectivity index is 1.29. The summed E-state index contributed by atoms with van der Waals surface area (Å²) in [5, 5.41) is 8.47. The van der Waals surface area contributed by atoms with Gasteiger partial charge in [-0.3, -0.25) is 0 Å². The Morgan fingerprint density at radius 1 is 1.22 bits per heavy atom. The molecule has 0 amide bonds. The van der Waals surface area contributed by atoms with Crippen LogP contribution >= 0.6 is 11.6 Å². The number of ether oxygens (including phenoxy) is 1. The summed E-state index contributed by atoms with van der Waals surface area (Å²) in [5.41, 5.74) is 1.40. The van der Waals surface area contributed by atoms with Gasteiger partial charge in [0.25, 0.3) is 0 Å². The molecule has 1 saturated heterocycles. The normalized spacial score (nSPS) is 37.5. The van der Waals surface area contributed by atoms with Gasteiger partial charge in [0, 0.05) is 29.7 Å². The fraction of sp³-hybridized carbons (Fsp3) is 0.684. The number of rotatable bonds is 4. The van der Waals surface area contributed by atoms with Crippen LogP contribution < -0.4 is 10.6 Å². The van der Waals surface area contributed by atoms with Crippen LogP contribution in [0.4, 0.5) is 0 Å². The summed E-state index contributed by atoms with van der Waals surface area (Å²) in [5.74, 6) is 1.42. The summed E-state index contributed by atoms with van der Waals surface area (Å²) in [6, 6.07) is 10.3. The number of hydrogen-bond donors (Lipinski definition) is 2. The molecule has 2 aliphatic carbocycles. The van der Waals surface area contributed by atoms with Crippen molar-refractivity contribution in [2.75, 3.05) is 19.8 Å². The smallest absolute Gasteiger partial charge is 0.0623 e. The quantitative estimate of drug-likeness (QED) is 0.886. The third kappa shape index (κ3) is 3.58. The minimum absolute atomic E-state index is 0.549. The van der Waals surface area contributed by atoms with Gasteiger partial charge in [-0.1, -0.05) is 30.2 Å². The molecule has 2 N–H and O–H groups in total. The van der Waals surface area contributed by atoms with Gasteiger partial charge in [-0.2, -0.15) is 0 Å². The van der Waals surface area contributed by atoms with Crippen molar-refractivity contribution in [1.82, 2.24) is 10.6 Å². The van der Waals surface area contributed by atoms with Crippen molar-refractivity contribution >= 4 is 11.6 Å². The molecule has 3 fully saturated rings. The molecule has 0 bridgehead atoms. The summed E-state index contributed by atoms with van der Waals surface area (Å²) >= 11 is 6.11. The van der Waals surface area contributed by atoms with Gasteiger partial charge in [0.2, 0.25) is 0 Å². The fourth-order valence-corrected chi connectivity index (χ4v) is 4.83. The maximum atomic E-state index is 6.11. The minimum Gasteiger partial charge on any atom is -0.379 e. The zero-order valence-electron chi connectivity index (χ0n) is 13.6. The Kier molecular flexibility index (Phi) is 4.91. The molecule has 4 rings (SSSR count). The van der Waals surface area contributed by atoms with Crippen LogP contribution in [0.3, 0.4) is 0 Å². The van der Waals surface area contributed by atoms with E-state index in [1.165, 1.54) is 37.7 Å². The van der Waals surface area contributed by atoms with Gasteiger partial charge < -0.3 is 15.4 Å². The van der Waals surface area contributed by atoms with E-state index in [4.69, 9.17) is 16.3 Å². The molecule has 1 aromatic carbocycles. The average Bonchev–Trinajstić information content (AvgIpc) is 2.99. The molecule has 2 saturated carbocycles. The van der Waals surface area contributed by atoms with Crippen molar-refractivity contribution in [1.29, 1.82) is 0 Å². The molecule has 1 heterocycles. The van der Waals surface area contributed by atoms with Gasteiger partial charge in [0.05, 0.1) is 13.2 Å². The molecular formula is C19H27ClN2O. The van der Waals surface area contributed by atoms with E-state index in [0.717, 1.165) is 30.7 Å². The Morgan fingerprint density at radius 3 is 2.91 bits per heavy atom. The molecule has 1 aromatic rings. The molecule has 3 atom stereocenters. The topological polar surface area (TPSA) is 33.3 Å². The summed E-state index contributed by atoms with van der Waals surface area (Å²) in [4.78, 5) is 0. The van der Waals surface area contributed by atoms with E-state index in [0.29, 0.717) is 24.0 Å². The third-order valence-electron chi connectivity index (χ3n) is 5.94. The number of nitrogens with one attached hydrogen (secondary N) is 2. The number of benzene rings is 1. The van der Waals surface area contributed by atoms with E-state index in [1.807, 2.05) is 6.07 Å². The van der Waals surface area contributed by atoms with Crippen LogP contribution in [0.2, 0.25) is 5.02 Å². The molecule has 1 aliphatic heterocycles.